The van der Waals surface area contributed by atoms with Gasteiger partial charge in [0.15, 0.2) is 0 Å². The van der Waals surface area contributed by atoms with Crippen LogP contribution in [0.4, 0.5) is 0 Å². The van der Waals surface area contributed by atoms with E-state index in [1.165, 1.54) is 11.3 Å². The van der Waals surface area contributed by atoms with Crippen LogP contribution in [0.15, 0.2) is 6.20 Å². The van der Waals surface area contributed by atoms with Gasteiger partial charge in [-0.25, -0.2) is 4.98 Å². The highest BCUT2D eigenvalue weighted by Gasteiger charge is 2.47. The Labute approximate surface area is 128 Å². The number of nitrogens with zero attached hydrogens (tertiary/aromatic N) is 2. The molecule has 1 N–H and O–H groups in total. The molecule has 2 aliphatic rings. The molecule has 0 bridgehead atoms. The first-order chi connectivity index (χ1) is 9.97. The summed E-state index contributed by atoms with van der Waals surface area (Å²) in [5.41, 5.74) is 0. The SMILES string of the molecule is CC(C)c1ncc(C(=O)N2C[C@H](C(=O)O)[C@@H](C3CC3)C2)s1. The molecule has 1 aromatic rings. The Balaban J connectivity index is 1.74. The molecule has 5 nitrogen and oxygen atoms in total. The average molecular weight is 308 g/mol. The molecular formula is C15H20N2O3S. The van der Waals surface area contributed by atoms with Crippen molar-refractivity contribution < 1.29 is 14.7 Å². The molecule has 1 saturated heterocycles. The lowest BCUT2D eigenvalue weighted by molar-refractivity contribution is -0.142. The van der Waals surface area contributed by atoms with Crippen LogP contribution >= 0.6 is 11.3 Å². The van der Waals surface area contributed by atoms with Gasteiger partial charge in [-0.15, -0.1) is 11.3 Å². The lowest BCUT2D eigenvalue weighted by Gasteiger charge is -2.14. The van der Waals surface area contributed by atoms with Crippen LogP contribution in [0.5, 0.6) is 0 Å². The van der Waals surface area contributed by atoms with Gasteiger partial charge in [0.25, 0.3) is 5.91 Å². The molecule has 2 atom stereocenters. The second-order valence-corrected chi connectivity index (χ2v) is 7.44. The van der Waals surface area contributed by atoms with E-state index < -0.39 is 11.9 Å². The van der Waals surface area contributed by atoms with Gasteiger partial charge in [0.1, 0.15) is 4.88 Å². The molecule has 114 valence electrons. The van der Waals surface area contributed by atoms with Crippen LogP contribution in [0, 0.1) is 17.8 Å². The van der Waals surface area contributed by atoms with Crippen LogP contribution in [0.1, 0.15) is 47.3 Å². The minimum atomic E-state index is -0.769. The van der Waals surface area contributed by atoms with Gasteiger partial charge in [-0.05, 0) is 24.7 Å². The zero-order valence-corrected chi connectivity index (χ0v) is 13.1. The Morgan fingerprint density at radius 2 is 2.10 bits per heavy atom. The van der Waals surface area contributed by atoms with E-state index in [9.17, 15) is 14.7 Å². The molecule has 1 aliphatic heterocycles. The van der Waals surface area contributed by atoms with Crippen LogP contribution < -0.4 is 0 Å². The standard InChI is InChI=1S/C15H20N2O3S/c1-8(2)13-16-5-12(21-13)14(18)17-6-10(9-3-4-9)11(7-17)15(19)20/h5,8-11H,3-4,6-7H2,1-2H3,(H,19,20)/t10-,11+/m1/s1. The van der Waals surface area contributed by atoms with E-state index in [1.54, 1.807) is 11.1 Å². The van der Waals surface area contributed by atoms with Gasteiger partial charge in [-0.3, -0.25) is 9.59 Å². The van der Waals surface area contributed by atoms with Crippen molar-refractivity contribution >= 4 is 23.2 Å². The topological polar surface area (TPSA) is 70.5 Å². The molecule has 1 amide bonds. The number of likely N-dealkylation sites (tertiary alicyclic amines) is 1. The van der Waals surface area contributed by atoms with E-state index in [-0.39, 0.29) is 11.8 Å². The maximum atomic E-state index is 12.5. The van der Waals surface area contributed by atoms with Crippen LogP contribution in [0.25, 0.3) is 0 Å². The summed E-state index contributed by atoms with van der Waals surface area (Å²) in [5.74, 6) is -0.302. The second-order valence-electron chi connectivity index (χ2n) is 6.37. The minimum Gasteiger partial charge on any atom is -0.481 e. The number of rotatable bonds is 4. The van der Waals surface area contributed by atoms with Crippen LogP contribution in [-0.2, 0) is 4.79 Å². The van der Waals surface area contributed by atoms with E-state index in [4.69, 9.17) is 0 Å². The van der Waals surface area contributed by atoms with Crippen molar-refractivity contribution in [1.82, 2.24) is 9.88 Å². The quantitative estimate of drug-likeness (QED) is 0.927. The monoisotopic (exact) mass is 308 g/mol. The van der Waals surface area contributed by atoms with E-state index in [0.717, 1.165) is 17.8 Å². The summed E-state index contributed by atoms with van der Waals surface area (Å²) in [7, 11) is 0. The Hall–Kier alpha value is -1.43. The van der Waals surface area contributed by atoms with Gasteiger partial charge < -0.3 is 10.0 Å². The molecule has 0 spiro atoms. The number of carbonyl (C=O) groups is 2. The highest BCUT2D eigenvalue weighted by atomic mass is 32.1. The maximum absolute atomic E-state index is 12.5. The van der Waals surface area contributed by atoms with Gasteiger partial charge in [0, 0.05) is 19.0 Å². The summed E-state index contributed by atoms with van der Waals surface area (Å²) < 4.78 is 0. The van der Waals surface area contributed by atoms with Crippen molar-refractivity contribution in [2.45, 2.75) is 32.6 Å². The predicted molar refractivity (Wildman–Crippen MR) is 79.4 cm³/mol. The highest BCUT2D eigenvalue weighted by molar-refractivity contribution is 7.13. The molecule has 0 unspecified atom stereocenters. The summed E-state index contributed by atoms with van der Waals surface area (Å²) >= 11 is 1.42. The van der Waals surface area contributed by atoms with E-state index in [2.05, 4.69) is 4.98 Å². The molecular weight excluding hydrogens is 288 g/mol. The maximum Gasteiger partial charge on any atom is 0.308 e. The Bertz CT molecular complexity index is 565. The van der Waals surface area contributed by atoms with Crippen molar-refractivity contribution in [2.75, 3.05) is 13.1 Å². The summed E-state index contributed by atoms with van der Waals surface area (Å²) in [6.07, 6.45) is 3.84. The third-order valence-corrected chi connectivity index (χ3v) is 5.71. The first kappa shape index (κ1) is 14.5. The average Bonchev–Trinajstić information content (AvgIpc) is 3.01. The van der Waals surface area contributed by atoms with Gasteiger partial charge >= 0.3 is 5.97 Å². The van der Waals surface area contributed by atoms with Crippen LogP contribution in [-0.4, -0.2) is 40.0 Å². The number of hydrogen-bond acceptors (Lipinski definition) is 4. The van der Waals surface area contributed by atoms with Gasteiger partial charge in [-0.1, -0.05) is 13.8 Å². The lowest BCUT2D eigenvalue weighted by Crippen LogP contribution is -2.29. The number of hydrogen-bond donors (Lipinski definition) is 1. The van der Waals surface area contributed by atoms with E-state index >= 15 is 0 Å². The molecule has 6 heteroatoms. The van der Waals surface area contributed by atoms with Crippen LogP contribution in [0.3, 0.4) is 0 Å². The Morgan fingerprint density at radius 3 is 2.62 bits per heavy atom. The second kappa shape index (κ2) is 5.40. The number of aliphatic carboxylic acids is 1. The number of carboxylic acid groups (broad SMARTS) is 1. The number of thiazole rings is 1. The largest absolute Gasteiger partial charge is 0.481 e. The van der Waals surface area contributed by atoms with Gasteiger partial charge in [0.2, 0.25) is 0 Å². The van der Waals surface area contributed by atoms with E-state index in [1.807, 2.05) is 13.8 Å². The van der Waals surface area contributed by atoms with Crippen molar-refractivity contribution in [3.05, 3.63) is 16.1 Å². The molecule has 0 aromatic carbocycles. The summed E-state index contributed by atoms with van der Waals surface area (Å²) in [5, 5.41) is 10.3. The Kier molecular flexibility index (Phi) is 3.73. The first-order valence-corrected chi connectivity index (χ1v) is 8.26. The molecule has 2 fully saturated rings. The molecule has 0 radical (unpaired) electrons. The molecule has 21 heavy (non-hydrogen) atoms. The molecule has 1 saturated carbocycles. The summed E-state index contributed by atoms with van der Waals surface area (Å²) in [4.78, 5) is 30.6. The third-order valence-electron chi connectivity index (χ3n) is 4.43. The zero-order valence-electron chi connectivity index (χ0n) is 12.3. The van der Waals surface area contributed by atoms with E-state index in [0.29, 0.717) is 29.8 Å². The zero-order chi connectivity index (χ0) is 15.1. The fourth-order valence-electron chi connectivity index (χ4n) is 3.07. The van der Waals surface area contributed by atoms with Gasteiger partial charge in [0.05, 0.1) is 17.1 Å². The smallest absolute Gasteiger partial charge is 0.308 e. The fourth-order valence-corrected chi connectivity index (χ4v) is 3.96. The molecule has 1 aromatic heterocycles. The van der Waals surface area contributed by atoms with Gasteiger partial charge in [-0.2, -0.15) is 0 Å². The summed E-state index contributed by atoms with van der Waals surface area (Å²) in [6, 6.07) is 0. The number of carbonyl (C=O) groups excluding carboxylic acids is 1. The molecule has 2 heterocycles. The highest BCUT2D eigenvalue weighted by Crippen LogP contribution is 2.44. The lowest BCUT2D eigenvalue weighted by atomic mass is 9.92. The number of carboxylic acids is 1. The molecule has 3 rings (SSSR count). The van der Waals surface area contributed by atoms with Crippen molar-refractivity contribution in [3.8, 4) is 0 Å². The predicted octanol–water partition coefficient (Wildman–Crippen LogP) is 2.45. The number of aromatic nitrogens is 1. The normalized spacial score (nSPS) is 25.6. The van der Waals surface area contributed by atoms with Crippen molar-refractivity contribution in [3.63, 3.8) is 0 Å². The minimum absolute atomic E-state index is 0.0613. The third kappa shape index (κ3) is 2.81. The fraction of sp³-hybridized carbons (Fsp3) is 0.667. The van der Waals surface area contributed by atoms with Crippen LogP contribution in [0.2, 0.25) is 0 Å². The molecule has 1 aliphatic carbocycles. The Morgan fingerprint density at radius 1 is 1.38 bits per heavy atom. The number of amides is 1. The summed E-state index contributed by atoms with van der Waals surface area (Å²) in [6.45, 7) is 5.01. The first-order valence-electron chi connectivity index (χ1n) is 7.45. The van der Waals surface area contributed by atoms with Crippen molar-refractivity contribution in [2.24, 2.45) is 17.8 Å². The van der Waals surface area contributed by atoms with Crippen molar-refractivity contribution in [1.29, 1.82) is 0 Å².